The number of aryl methyl sites for hydroxylation is 1. The van der Waals surface area contributed by atoms with Gasteiger partial charge in [0.1, 0.15) is 11.5 Å². The molecular weight excluding hydrogens is 356 g/mol. The molecule has 0 atom stereocenters. The minimum Gasteiger partial charge on any atom is -0.465 e. The Morgan fingerprint density at radius 1 is 1.04 bits per heavy atom. The van der Waals surface area contributed by atoms with Gasteiger partial charge >= 0.3 is 5.97 Å². The molecule has 0 saturated carbocycles. The molecule has 0 aliphatic carbocycles. The topological polar surface area (TPSA) is 93.2 Å². The molecule has 0 aliphatic rings. The van der Waals surface area contributed by atoms with Crippen molar-refractivity contribution in [2.24, 2.45) is 0 Å². The highest BCUT2D eigenvalue weighted by Crippen LogP contribution is 2.16. The second-order valence-corrected chi connectivity index (χ2v) is 6.09. The van der Waals surface area contributed by atoms with E-state index in [0.717, 1.165) is 11.1 Å². The lowest BCUT2D eigenvalue weighted by Gasteiger charge is -2.09. The lowest BCUT2D eigenvalue weighted by atomic mass is 10.1. The third-order valence-electron chi connectivity index (χ3n) is 4.14. The third-order valence-corrected chi connectivity index (χ3v) is 4.14. The van der Waals surface area contributed by atoms with E-state index in [9.17, 15) is 9.59 Å². The van der Waals surface area contributed by atoms with Gasteiger partial charge in [0.25, 0.3) is 5.91 Å². The van der Waals surface area contributed by atoms with E-state index in [-0.39, 0.29) is 11.6 Å². The number of carbonyl (C=O) groups excluding carboxylic acids is 2. The fourth-order valence-electron chi connectivity index (χ4n) is 2.57. The van der Waals surface area contributed by atoms with Crippen molar-refractivity contribution in [3.63, 3.8) is 0 Å². The first-order valence-electron chi connectivity index (χ1n) is 8.67. The van der Waals surface area contributed by atoms with E-state index in [4.69, 9.17) is 4.74 Å². The second kappa shape index (κ2) is 8.77. The first kappa shape index (κ1) is 19.0. The van der Waals surface area contributed by atoms with Gasteiger partial charge in [-0.3, -0.25) is 4.79 Å². The number of hydrogen-bond acceptors (Lipinski definition) is 6. The summed E-state index contributed by atoms with van der Waals surface area (Å²) in [7, 11) is 1.33. The molecule has 142 valence electrons. The summed E-state index contributed by atoms with van der Waals surface area (Å²) >= 11 is 0. The summed E-state index contributed by atoms with van der Waals surface area (Å²) < 4.78 is 4.71. The minimum absolute atomic E-state index is 0.224. The standard InChI is InChI=1S/C21H20N4O3/c1-14-6-3-4-7-16(14)11-24-20(26)18-12-23-19(13-22-18)25-17-9-5-8-15(10-17)21(27)28-2/h3-10,12-13H,11H2,1-2H3,(H,23,25)(H,24,26). The van der Waals surface area contributed by atoms with Gasteiger partial charge in [0, 0.05) is 12.2 Å². The van der Waals surface area contributed by atoms with Crippen LogP contribution in [-0.2, 0) is 11.3 Å². The molecule has 0 saturated heterocycles. The molecule has 0 radical (unpaired) electrons. The van der Waals surface area contributed by atoms with Crippen LogP contribution in [0.4, 0.5) is 11.5 Å². The van der Waals surface area contributed by atoms with Crippen LogP contribution in [0.3, 0.4) is 0 Å². The van der Waals surface area contributed by atoms with Gasteiger partial charge in [-0.25, -0.2) is 14.8 Å². The molecule has 0 fully saturated rings. The van der Waals surface area contributed by atoms with E-state index in [1.54, 1.807) is 24.3 Å². The number of nitrogens with zero attached hydrogens (tertiary/aromatic N) is 2. The van der Waals surface area contributed by atoms with Gasteiger partial charge in [-0.15, -0.1) is 0 Å². The van der Waals surface area contributed by atoms with Crippen LogP contribution < -0.4 is 10.6 Å². The Morgan fingerprint density at radius 3 is 2.57 bits per heavy atom. The molecule has 0 unspecified atom stereocenters. The van der Waals surface area contributed by atoms with Crippen LogP contribution in [0.15, 0.2) is 60.9 Å². The number of anilines is 2. The number of amides is 1. The third kappa shape index (κ3) is 4.70. The van der Waals surface area contributed by atoms with Gasteiger partial charge in [0.15, 0.2) is 0 Å². The number of rotatable bonds is 6. The summed E-state index contributed by atoms with van der Waals surface area (Å²) in [4.78, 5) is 32.2. The first-order valence-corrected chi connectivity index (χ1v) is 8.67. The zero-order chi connectivity index (χ0) is 19.9. The molecule has 7 heteroatoms. The van der Waals surface area contributed by atoms with Crippen LogP contribution in [0, 0.1) is 6.92 Å². The van der Waals surface area contributed by atoms with E-state index in [0.29, 0.717) is 23.6 Å². The molecule has 1 aromatic heterocycles. The van der Waals surface area contributed by atoms with E-state index >= 15 is 0 Å². The van der Waals surface area contributed by atoms with Gasteiger partial charge in [0.2, 0.25) is 0 Å². The number of benzene rings is 2. The Labute approximate surface area is 162 Å². The van der Waals surface area contributed by atoms with Crippen molar-refractivity contribution in [3.05, 3.63) is 83.3 Å². The number of hydrogen-bond donors (Lipinski definition) is 2. The van der Waals surface area contributed by atoms with Crippen molar-refractivity contribution in [2.75, 3.05) is 12.4 Å². The monoisotopic (exact) mass is 376 g/mol. The highest BCUT2D eigenvalue weighted by atomic mass is 16.5. The number of esters is 1. The maximum absolute atomic E-state index is 12.3. The number of ether oxygens (including phenoxy) is 1. The summed E-state index contributed by atoms with van der Waals surface area (Å²) in [5.74, 6) is -0.261. The summed E-state index contributed by atoms with van der Waals surface area (Å²) in [5.41, 5.74) is 3.47. The summed E-state index contributed by atoms with van der Waals surface area (Å²) in [6.45, 7) is 2.42. The van der Waals surface area contributed by atoms with Crippen molar-refractivity contribution in [3.8, 4) is 0 Å². The van der Waals surface area contributed by atoms with Gasteiger partial charge in [-0.2, -0.15) is 0 Å². The number of aromatic nitrogens is 2. The van der Waals surface area contributed by atoms with Crippen LogP contribution in [0.25, 0.3) is 0 Å². The van der Waals surface area contributed by atoms with E-state index < -0.39 is 5.97 Å². The Kier molecular flexibility index (Phi) is 5.96. The SMILES string of the molecule is COC(=O)c1cccc(Nc2cnc(C(=O)NCc3ccccc3C)cn2)c1. The summed E-state index contributed by atoms with van der Waals surface area (Å²) in [6, 6.07) is 14.7. The smallest absolute Gasteiger partial charge is 0.337 e. The Morgan fingerprint density at radius 2 is 1.86 bits per heavy atom. The van der Waals surface area contributed by atoms with Gasteiger partial charge in [-0.1, -0.05) is 30.3 Å². The molecule has 1 amide bonds. The average molecular weight is 376 g/mol. The fourth-order valence-corrected chi connectivity index (χ4v) is 2.57. The lowest BCUT2D eigenvalue weighted by molar-refractivity contribution is 0.0600. The first-order chi connectivity index (χ1) is 13.6. The van der Waals surface area contributed by atoms with Gasteiger partial charge in [-0.05, 0) is 36.2 Å². The Hall–Kier alpha value is -3.74. The quantitative estimate of drug-likeness (QED) is 0.642. The van der Waals surface area contributed by atoms with Gasteiger partial charge in [0.05, 0.1) is 25.1 Å². The van der Waals surface area contributed by atoms with Crippen molar-refractivity contribution >= 4 is 23.4 Å². The van der Waals surface area contributed by atoms with Crippen molar-refractivity contribution in [1.29, 1.82) is 0 Å². The van der Waals surface area contributed by atoms with Crippen LogP contribution in [0.5, 0.6) is 0 Å². The zero-order valence-corrected chi connectivity index (χ0v) is 15.6. The fraction of sp³-hybridized carbons (Fsp3) is 0.143. The maximum atomic E-state index is 12.3. The number of carbonyl (C=O) groups is 2. The van der Waals surface area contributed by atoms with E-state index in [1.165, 1.54) is 19.5 Å². The lowest BCUT2D eigenvalue weighted by Crippen LogP contribution is -2.24. The molecule has 0 aliphatic heterocycles. The highest BCUT2D eigenvalue weighted by Gasteiger charge is 2.10. The molecular formula is C21H20N4O3. The molecule has 28 heavy (non-hydrogen) atoms. The maximum Gasteiger partial charge on any atom is 0.337 e. The Bertz CT molecular complexity index is 987. The van der Waals surface area contributed by atoms with Crippen molar-refractivity contribution in [1.82, 2.24) is 15.3 Å². The van der Waals surface area contributed by atoms with E-state index in [2.05, 4.69) is 20.6 Å². The normalized spacial score (nSPS) is 10.2. The van der Waals surface area contributed by atoms with Crippen LogP contribution in [0.1, 0.15) is 32.0 Å². The number of methoxy groups -OCH3 is 1. The van der Waals surface area contributed by atoms with Crippen LogP contribution >= 0.6 is 0 Å². The largest absolute Gasteiger partial charge is 0.465 e. The number of nitrogens with one attached hydrogen (secondary N) is 2. The molecule has 3 rings (SSSR count). The predicted octanol–water partition coefficient (Wildman–Crippen LogP) is 3.25. The van der Waals surface area contributed by atoms with Crippen molar-refractivity contribution in [2.45, 2.75) is 13.5 Å². The summed E-state index contributed by atoms with van der Waals surface area (Å²) in [6.07, 6.45) is 2.87. The molecule has 2 aromatic carbocycles. The molecule has 0 bridgehead atoms. The molecule has 3 aromatic rings. The molecule has 0 spiro atoms. The predicted molar refractivity (Wildman–Crippen MR) is 105 cm³/mol. The Balaban J connectivity index is 1.62. The van der Waals surface area contributed by atoms with Crippen LogP contribution in [-0.4, -0.2) is 29.0 Å². The van der Waals surface area contributed by atoms with Crippen LogP contribution in [0.2, 0.25) is 0 Å². The average Bonchev–Trinajstić information content (AvgIpc) is 2.73. The van der Waals surface area contributed by atoms with Crippen molar-refractivity contribution < 1.29 is 14.3 Å². The zero-order valence-electron chi connectivity index (χ0n) is 15.6. The summed E-state index contributed by atoms with van der Waals surface area (Å²) in [5, 5.41) is 5.88. The van der Waals surface area contributed by atoms with E-state index in [1.807, 2.05) is 31.2 Å². The molecule has 7 nitrogen and oxygen atoms in total. The highest BCUT2D eigenvalue weighted by molar-refractivity contribution is 5.92. The van der Waals surface area contributed by atoms with Gasteiger partial charge < -0.3 is 15.4 Å². The molecule has 1 heterocycles. The molecule has 2 N–H and O–H groups in total. The second-order valence-electron chi connectivity index (χ2n) is 6.09. The minimum atomic E-state index is -0.421.